The molecule has 6 aliphatic rings. The molecule has 4 unspecified atom stereocenters. The van der Waals surface area contributed by atoms with E-state index >= 15 is 0 Å². The molecular formula is C34H27N2O8Sb. The maximum absolute atomic E-state index is 14.2. The number of ether oxygens (including phenoxy) is 2. The van der Waals surface area contributed by atoms with Gasteiger partial charge in [-0.2, -0.15) is 0 Å². The van der Waals surface area contributed by atoms with E-state index in [1.54, 1.807) is 60.7 Å². The van der Waals surface area contributed by atoms with E-state index in [9.17, 15) is 19.2 Å². The minimum absolute atomic E-state index is 0.521. The number of hydrogen-bond donors (Lipinski definition) is 0. The zero-order valence-electron chi connectivity index (χ0n) is 23.7. The third-order valence-corrected chi connectivity index (χ3v) is 23.2. The van der Waals surface area contributed by atoms with Crippen LogP contribution in [0.3, 0.4) is 0 Å². The number of amides is 4. The van der Waals surface area contributed by atoms with Crippen LogP contribution in [-0.4, -0.2) is 76.4 Å². The summed E-state index contributed by atoms with van der Waals surface area (Å²) in [5, 5.41) is 1.69. The van der Waals surface area contributed by atoms with Crippen LogP contribution in [-0.2, 0) is 34.9 Å². The Hall–Kier alpha value is -3.92. The van der Waals surface area contributed by atoms with Crippen LogP contribution in [0.15, 0.2) is 115 Å². The van der Waals surface area contributed by atoms with Gasteiger partial charge in [0.25, 0.3) is 0 Å². The van der Waals surface area contributed by atoms with Crippen molar-refractivity contribution in [3.05, 3.63) is 115 Å². The van der Waals surface area contributed by atoms with Gasteiger partial charge in [-0.3, -0.25) is 0 Å². The predicted octanol–water partition coefficient (Wildman–Crippen LogP) is 0.844. The van der Waals surface area contributed by atoms with E-state index < -0.39 is 90.0 Å². The summed E-state index contributed by atoms with van der Waals surface area (Å²) >= 11 is -6.37. The summed E-state index contributed by atoms with van der Waals surface area (Å²) in [6, 6.07) is 27.2. The van der Waals surface area contributed by atoms with E-state index in [1.807, 2.05) is 54.6 Å². The van der Waals surface area contributed by atoms with Crippen molar-refractivity contribution < 1.29 is 34.9 Å². The molecule has 3 aromatic carbocycles. The van der Waals surface area contributed by atoms with Crippen LogP contribution in [0.5, 0.6) is 0 Å². The second kappa shape index (κ2) is 9.54. The first kappa shape index (κ1) is 27.4. The van der Waals surface area contributed by atoms with E-state index in [0.29, 0.717) is 10.5 Å². The molecule has 8 atom stereocenters. The van der Waals surface area contributed by atoms with Crippen LogP contribution in [0.2, 0.25) is 0 Å². The van der Waals surface area contributed by atoms with Gasteiger partial charge in [-0.1, -0.05) is 0 Å². The summed E-state index contributed by atoms with van der Waals surface area (Å²) in [5.74, 6) is -5.16. The molecule has 9 rings (SSSR count). The van der Waals surface area contributed by atoms with Crippen molar-refractivity contribution in [1.82, 2.24) is 10.1 Å². The van der Waals surface area contributed by atoms with Gasteiger partial charge in [0, 0.05) is 0 Å². The molecule has 0 spiro atoms. The number of hydrogen-bond acceptors (Lipinski definition) is 8. The normalized spacial score (nSPS) is 33.3. The Bertz CT molecular complexity index is 1600. The van der Waals surface area contributed by atoms with E-state index in [1.165, 1.54) is 0 Å². The Morgan fingerprint density at radius 3 is 0.978 bits per heavy atom. The molecule has 4 fully saturated rings. The standard InChI is InChI=1S/2C8H6NO4.3C6H5.Sb/c2*10-7-5-3-1-2-4(13-3)6(5)8(11)9(7)12;3*1-2-4-6-5-3-1;/h2*1-6H;3*1-5H;/q2*-1;;;;+2/t2*3-,4+,5?,6?;;;;. The first-order chi connectivity index (χ1) is 21.9. The number of hydroxylamine groups is 4. The first-order valence-corrected chi connectivity index (χ1v) is 20.9. The fourth-order valence-electron chi connectivity index (χ4n) is 7.87. The third-order valence-electron chi connectivity index (χ3n) is 9.89. The van der Waals surface area contributed by atoms with Gasteiger partial charge in [0.05, 0.1) is 0 Å². The molecule has 6 aliphatic heterocycles. The van der Waals surface area contributed by atoms with Gasteiger partial charge in [-0.05, 0) is 0 Å². The van der Waals surface area contributed by atoms with Gasteiger partial charge < -0.3 is 0 Å². The number of imide groups is 2. The number of benzene rings is 3. The van der Waals surface area contributed by atoms with Crippen molar-refractivity contribution in [2.24, 2.45) is 23.7 Å². The second-order valence-electron chi connectivity index (χ2n) is 12.1. The van der Waals surface area contributed by atoms with Gasteiger partial charge in [-0.15, -0.1) is 0 Å². The van der Waals surface area contributed by atoms with Crippen molar-refractivity contribution >= 4 is 52.4 Å². The van der Waals surface area contributed by atoms with Crippen molar-refractivity contribution in [1.29, 1.82) is 0 Å². The molecule has 0 radical (unpaired) electrons. The number of nitrogens with zero attached hydrogens (tertiary/aromatic N) is 2. The van der Waals surface area contributed by atoms with Crippen LogP contribution in [0.1, 0.15) is 0 Å². The average Bonchev–Trinajstić information content (AvgIpc) is 3.95. The molecule has 11 heteroatoms. The van der Waals surface area contributed by atoms with Crippen molar-refractivity contribution in [3.63, 3.8) is 0 Å². The van der Waals surface area contributed by atoms with Gasteiger partial charge in [0.2, 0.25) is 0 Å². The summed E-state index contributed by atoms with van der Waals surface area (Å²) in [6.07, 6.45) is 5.05. The SMILES string of the molecule is O=C1C2C(C(=O)N1[O][Sb]([O]N1C(=O)C3C(C1=O)[C@H]1C=C[C@@H]3O1)([c]1ccccc1)([c]1ccccc1)[c]1ccccc1)[C@H]1C=C[C@@H]2O1. The van der Waals surface area contributed by atoms with Gasteiger partial charge in [0.15, 0.2) is 0 Å². The third kappa shape index (κ3) is 3.43. The van der Waals surface area contributed by atoms with Crippen LogP contribution in [0.25, 0.3) is 0 Å². The molecular weight excluding hydrogens is 686 g/mol. The van der Waals surface area contributed by atoms with Crippen LogP contribution in [0, 0.1) is 23.7 Å². The quantitative estimate of drug-likeness (QED) is 0.202. The van der Waals surface area contributed by atoms with Crippen LogP contribution < -0.4 is 10.5 Å². The Morgan fingerprint density at radius 2 is 0.711 bits per heavy atom. The van der Waals surface area contributed by atoms with Gasteiger partial charge >= 0.3 is 261 Å². The van der Waals surface area contributed by atoms with E-state index in [2.05, 4.69) is 0 Å². The van der Waals surface area contributed by atoms with Crippen molar-refractivity contribution in [2.45, 2.75) is 24.4 Å². The fraction of sp³-hybridized carbons (Fsp3) is 0.235. The van der Waals surface area contributed by atoms with Gasteiger partial charge in [-0.25, -0.2) is 0 Å². The monoisotopic (exact) mass is 712 g/mol. The summed E-state index contributed by atoms with van der Waals surface area (Å²) in [6.45, 7) is 0. The topological polar surface area (TPSA) is 112 Å². The molecule has 4 saturated heterocycles. The summed E-state index contributed by atoms with van der Waals surface area (Å²) in [5.41, 5.74) is 0. The first-order valence-electron chi connectivity index (χ1n) is 14.9. The maximum atomic E-state index is 14.2. The zero-order valence-corrected chi connectivity index (χ0v) is 26.2. The van der Waals surface area contributed by atoms with E-state index in [-0.39, 0.29) is 0 Å². The molecule has 10 nitrogen and oxygen atoms in total. The number of fused-ring (bicyclic) bond motifs is 10. The van der Waals surface area contributed by atoms with Crippen LogP contribution >= 0.6 is 0 Å². The van der Waals surface area contributed by atoms with Crippen LogP contribution in [0.4, 0.5) is 0 Å². The Labute approximate surface area is 259 Å². The number of carbonyl (C=O) groups is 4. The molecule has 0 aliphatic carbocycles. The molecule has 45 heavy (non-hydrogen) atoms. The molecule has 0 saturated carbocycles. The average molecular weight is 713 g/mol. The van der Waals surface area contributed by atoms with Crippen molar-refractivity contribution in [2.75, 3.05) is 0 Å². The summed E-state index contributed by atoms with van der Waals surface area (Å²) < 4.78 is 27.6. The molecule has 0 aromatic heterocycles. The number of carbonyl (C=O) groups excluding carboxylic acids is 4. The Balaban J connectivity index is 1.30. The zero-order chi connectivity index (χ0) is 30.5. The molecule has 4 bridgehead atoms. The van der Waals surface area contributed by atoms with Gasteiger partial charge in [0.1, 0.15) is 0 Å². The summed E-state index contributed by atoms with van der Waals surface area (Å²) in [4.78, 5) is 56.8. The number of rotatable bonds is 7. The fourth-order valence-corrected chi connectivity index (χ4v) is 20.9. The molecule has 3 aromatic rings. The molecule has 0 N–H and O–H groups in total. The molecule has 6 heterocycles. The second-order valence-corrected chi connectivity index (χ2v) is 22.9. The Kier molecular flexibility index (Phi) is 5.81. The Morgan fingerprint density at radius 1 is 0.444 bits per heavy atom. The van der Waals surface area contributed by atoms with E-state index in [4.69, 9.17) is 15.7 Å². The van der Waals surface area contributed by atoms with Crippen molar-refractivity contribution in [3.8, 4) is 0 Å². The predicted molar refractivity (Wildman–Crippen MR) is 159 cm³/mol. The molecule has 4 amide bonds. The van der Waals surface area contributed by atoms with E-state index in [0.717, 1.165) is 10.1 Å². The molecule has 226 valence electrons. The summed E-state index contributed by atoms with van der Waals surface area (Å²) in [7, 11) is 0. The minimum atomic E-state index is -6.37.